The Labute approximate surface area is 134 Å². The Morgan fingerprint density at radius 2 is 2.00 bits per heavy atom. The van der Waals surface area contributed by atoms with Gasteiger partial charge in [0.1, 0.15) is 11.6 Å². The molecule has 1 amide bonds. The number of aromatic nitrogens is 1. The van der Waals surface area contributed by atoms with Gasteiger partial charge in [-0.2, -0.15) is 0 Å². The lowest BCUT2D eigenvalue weighted by molar-refractivity contribution is -0.129. The summed E-state index contributed by atoms with van der Waals surface area (Å²) in [5.74, 6) is -0.228. The predicted molar refractivity (Wildman–Crippen MR) is 86.0 cm³/mol. The second-order valence-corrected chi connectivity index (χ2v) is 5.30. The van der Waals surface area contributed by atoms with Crippen molar-refractivity contribution in [3.05, 3.63) is 24.1 Å². The minimum atomic E-state index is -0.404. The Hall–Kier alpha value is -1.80. The minimum absolute atomic E-state index is 0.207. The molecule has 0 aliphatic heterocycles. The number of amides is 1. The maximum atomic E-state index is 12.9. The second kappa shape index (κ2) is 10.0. The van der Waals surface area contributed by atoms with Crippen LogP contribution >= 0.6 is 12.2 Å². The monoisotopic (exact) mass is 328 g/mol. The number of rotatable bonds is 9. The number of nitrogens with two attached hydrogens (primary N) is 1. The summed E-state index contributed by atoms with van der Waals surface area (Å²) in [4.78, 5) is 16.5. The second-order valence-electron chi connectivity index (χ2n) is 4.88. The van der Waals surface area contributed by atoms with Gasteiger partial charge < -0.3 is 10.6 Å². The van der Waals surface area contributed by atoms with Crippen molar-refractivity contribution in [1.29, 1.82) is 0 Å². The fourth-order valence-electron chi connectivity index (χ4n) is 2.01. The van der Waals surface area contributed by atoms with Crippen LogP contribution in [0, 0.1) is 5.82 Å². The molecule has 0 saturated heterocycles. The van der Waals surface area contributed by atoms with Crippen molar-refractivity contribution < 1.29 is 14.4 Å². The lowest BCUT2D eigenvalue weighted by Gasteiger charge is -2.21. The van der Waals surface area contributed by atoms with E-state index in [1.165, 1.54) is 6.07 Å². The van der Waals surface area contributed by atoms with Crippen molar-refractivity contribution in [2.75, 3.05) is 11.4 Å². The van der Waals surface area contributed by atoms with Gasteiger partial charge in [-0.1, -0.05) is 19.3 Å². The summed E-state index contributed by atoms with van der Waals surface area (Å²) < 4.78 is 12.9. The average Bonchev–Trinajstić information content (AvgIpc) is 2.50. The molecule has 6 nitrogen and oxygen atoms in total. The Morgan fingerprint density at radius 1 is 1.32 bits per heavy atom. The van der Waals surface area contributed by atoms with Crippen molar-refractivity contribution >= 4 is 29.1 Å². The number of carbonyl (C=O) groups is 1. The van der Waals surface area contributed by atoms with Crippen molar-refractivity contribution in [3.63, 3.8) is 0 Å². The van der Waals surface area contributed by atoms with E-state index in [1.54, 1.807) is 16.4 Å². The van der Waals surface area contributed by atoms with Gasteiger partial charge in [-0.15, -0.1) is 0 Å². The van der Waals surface area contributed by atoms with Gasteiger partial charge in [0.15, 0.2) is 5.11 Å². The average molecular weight is 328 g/mol. The zero-order chi connectivity index (χ0) is 16.4. The van der Waals surface area contributed by atoms with Crippen LogP contribution in [-0.2, 0) is 4.79 Å². The number of pyridine rings is 1. The van der Waals surface area contributed by atoms with Crippen LogP contribution in [0.3, 0.4) is 0 Å². The molecule has 4 N–H and O–H groups in total. The molecule has 0 saturated carbocycles. The number of carbonyl (C=O) groups excluding carboxylic acids is 1. The largest absolute Gasteiger partial charge is 0.376 e. The first-order valence-corrected chi connectivity index (χ1v) is 7.57. The van der Waals surface area contributed by atoms with Gasteiger partial charge in [-0.3, -0.25) is 10.0 Å². The zero-order valence-corrected chi connectivity index (χ0v) is 13.1. The first-order valence-electron chi connectivity index (χ1n) is 7.16. The summed E-state index contributed by atoms with van der Waals surface area (Å²) in [7, 11) is 0. The molecule has 122 valence electrons. The van der Waals surface area contributed by atoms with Gasteiger partial charge >= 0.3 is 0 Å². The standard InChI is InChI=1S/C14H21FN4O2S/c15-11-7-8-12(17-10-11)19(14(16)22)9-5-3-1-2-4-6-13(20)18-21/h7-8,10,21H,1-6,9H2,(H2,16,22)(H,18,20). The molecule has 22 heavy (non-hydrogen) atoms. The Morgan fingerprint density at radius 3 is 2.59 bits per heavy atom. The molecule has 0 unspecified atom stereocenters. The van der Waals surface area contributed by atoms with Gasteiger partial charge in [-0.05, 0) is 37.2 Å². The SMILES string of the molecule is NC(=S)N(CCCCCCCC(=O)NO)c1ccc(F)cn1. The third-order valence-electron chi connectivity index (χ3n) is 3.16. The molecule has 1 rings (SSSR count). The number of nitrogens with one attached hydrogen (secondary N) is 1. The molecule has 0 bridgehead atoms. The molecule has 8 heteroatoms. The maximum Gasteiger partial charge on any atom is 0.243 e. The summed E-state index contributed by atoms with van der Waals surface area (Å²) >= 11 is 5.00. The number of hydrogen-bond acceptors (Lipinski definition) is 4. The highest BCUT2D eigenvalue weighted by molar-refractivity contribution is 7.80. The fourth-order valence-corrected chi connectivity index (χ4v) is 2.19. The number of unbranched alkanes of at least 4 members (excludes halogenated alkanes) is 4. The third-order valence-corrected chi connectivity index (χ3v) is 3.38. The molecular weight excluding hydrogens is 307 g/mol. The van der Waals surface area contributed by atoms with Crippen LogP contribution in [0.15, 0.2) is 18.3 Å². The molecule has 1 aromatic rings. The van der Waals surface area contributed by atoms with E-state index in [9.17, 15) is 9.18 Å². The Bertz CT molecular complexity index is 484. The maximum absolute atomic E-state index is 12.9. The molecule has 0 aliphatic carbocycles. The molecule has 1 aromatic heterocycles. The van der Waals surface area contributed by atoms with Crippen LogP contribution in [0.2, 0.25) is 0 Å². The number of hydrogen-bond donors (Lipinski definition) is 3. The third kappa shape index (κ3) is 6.77. The van der Waals surface area contributed by atoms with Crippen LogP contribution in [0.25, 0.3) is 0 Å². The van der Waals surface area contributed by atoms with E-state index < -0.39 is 5.82 Å². The van der Waals surface area contributed by atoms with Crippen LogP contribution in [0.4, 0.5) is 10.2 Å². The number of anilines is 1. The van der Waals surface area contributed by atoms with Crippen LogP contribution in [0.5, 0.6) is 0 Å². The summed E-state index contributed by atoms with van der Waals surface area (Å²) in [6, 6.07) is 2.86. The molecule has 0 spiro atoms. The van der Waals surface area contributed by atoms with Gasteiger partial charge in [0.2, 0.25) is 5.91 Å². The summed E-state index contributed by atoms with van der Waals surface area (Å²) in [6.07, 6.45) is 5.91. The van der Waals surface area contributed by atoms with Crippen LogP contribution in [0.1, 0.15) is 38.5 Å². The first kappa shape index (κ1) is 18.2. The first-order chi connectivity index (χ1) is 10.5. The summed E-state index contributed by atoms with van der Waals surface area (Å²) in [5.41, 5.74) is 7.28. The molecule has 0 fully saturated rings. The van der Waals surface area contributed by atoms with Gasteiger partial charge in [-0.25, -0.2) is 14.9 Å². The normalized spacial score (nSPS) is 10.3. The quantitative estimate of drug-likeness (QED) is 0.278. The molecule has 0 aromatic carbocycles. The molecular formula is C14H21FN4O2S. The summed E-state index contributed by atoms with van der Waals surface area (Å²) in [6.45, 7) is 0.616. The van der Waals surface area contributed by atoms with Crippen LogP contribution < -0.4 is 16.1 Å². The zero-order valence-electron chi connectivity index (χ0n) is 12.3. The highest BCUT2D eigenvalue weighted by Crippen LogP contribution is 2.13. The van der Waals surface area contributed by atoms with Crippen molar-refractivity contribution in [3.8, 4) is 0 Å². The smallest absolute Gasteiger partial charge is 0.243 e. The lowest BCUT2D eigenvalue weighted by atomic mass is 10.1. The van der Waals surface area contributed by atoms with E-state index in [1.807, 2.05) is 0 Å². The van der Waals surface area contributed by atoms with Crippen LogP contribution in [-0.4, -0.2) is 27.8 Å². The molecule has 0 atom stereocenters. The number of thiocarbonyl (C=S) groups is 1. The molecule has 0 aliphatic rings. The van der Waals surface area contributed by atoms with E-state index in [2.05, 4.69) is 4.98 Å². The number of nitrogens with zero attached hydrogens (tertiary/aromatic N) is 2. The van der Waals surface area contributed by atoms with Crippen molar-refractivity contribution in [2.45, 2.75) is 38.5 Å². The van der Waals surface area contributed by atoms with Gasteiger partial charge in [0.05, 0.1) is 6.20 Å². The number of hydroxylamine groups is 1. The number of halogens is 1. The van der Waals surface area contributed by atoms with E-state index >= 15 is 0 Å². The van der Waals surface area contributed by atoms with Gasteiger partial charge in [0.25, 0.3) is 0 Å². The Balaban J connectivity index is 2.27. The highest BCUT2D eigenvalue weighted by atomic mass is 32.1. The minimum Gasteiger partial charge on any atom is -0.376 e. The summed E-state index contributed by atoms with van der Waals surface area (Å²) in [5, 5.41) is 8.56. The fraction of sp³-hybridized carbons (Fsp3) is 0.500. The topological polar surface area (TPSA) is 91.5 Å². The van der Waals surface area contributed by atoms with Crippen molar-refractivity contribution in [2.24, 2.45) is 5.73 Å². The predicted octanol–water partition coefficient (Wildman–Crippen LogP) is 2.12. The van der Waals surface area contributed by atoms with E-state index in [4.69, 9.17) is 23.2 Å². The van der Waals surface area contributed by atoms with Crippen molar-refractivity contribution in [1.82, 2.24) is 10.5 Å². The van der Waals surface area contributed by atoms with Gasteiger partial charge in [0, 0.05) is 13.0 Å². The Kier molecular flexibility index (Phi) is 8.31. The highest BCUT2D eigenvalue weighted by Gasteiger charge is 2.10. The van der Waals surface area contributed by atoms with E-state index in [0.29, 0.717) is 18.8 Å². The van der Waals surface area contributed by atoms with E-state index in [-0.39, 0.29) is 11.0 Å². The molecule has 0 radical (unpaired) electrons. The van der Waals surface area contributed by atoms with E-state index in [0.717, 1.165) is 38.3 Å². The molecule has 1 heterocycles. The lowest BCUT2D eigenvalue weighted by Crippen LogP contribution is -2.36.